The first-order chi connectivity index (χ1) is 7.09. The molecule has 1 aromatic rings. The zero-order valence-corrected chi connectivity index (χ0v) is 9.90. The van der Waals surface area contributed by atoms with E-state index in [2.05, 4.69) is 41.5 Å². The Hall–Kier alpha value is -1.03. The van der Waals surface area contributed by atoms with E-state index in [-0.39, 0.29) is 0 Å². The van der Waals surface area contributed by atoms with Gasteiger partial charge in [0.15, 0.2) is 6.04 Å². The van der Waals surface area contributed by atoms with Crippen molar-refractivity contribution >= 4 is 5.69 Å². The number of likely N-dealkylation sites (tertiary alicyclic amines) is 1. The zero-order valence-electron chi connectivity index (χ0n) is 9.90. The minimum absolute atomic E-state index is 0.574. The van der Waals surface area contributed by atoms with Crippen molar-refractivity contribution < 1.29 is 4.68 Å². The normalized spacial score (nSPS) is 23.3. The van der Waals surface area contributed by atoms with Crippen molar-refractivity contribution in [1.82, 2.24) is 9.58 Å². The zero-order chi connectivity index (χ0) is 11.0. The van der Waals surface area contributed by atoms with Crippen LogP contribution < -0.4 is 10.4 Å². The van der Waals surface area contributed by atoms with Gasteiger partial charge in [-0.2, -0.15) is 4.68 Å². The number of piperidine rings is 1. The van der Waals surface area contributed by atoms with Gasteiger partial charge in [-0.3, -0.25) is 4.90 Å². The molecule has 0 amide bonds. The molecule has 0 saturated carbocycles. The molecule has 1 aliphatic rings. The Morgan fingerprint density at radius 3 is 2.73 bits per heavy atom. The standard InChI is InChI=1S/C11H21N4/c1-9-11(12)8-15(14(9)3)10-5-4-6-13(2)7-10/h8,10H,4-7,12H2,1-3H3/q+1. The van der Waals surface area contributed by atoms with Crippen LogP contribution in [0.3, 0.4) is 0 Å². The average molecular weight is 209 g/mol. The van der Waals surface area contributed by atoms with Crippen LogP contribution in [0.4, 0.5) is 5.69 Å². The molecule has 1 aromatic heterocycles. The van der Waals surface area contributed by atoms with Crippen LogP contribution >= 0.6 is 0 Å². The summed E-state index contributed by atoms with van der Waals surface area (Å²) in [5.41, 5.74) is 7.98. The molecule has 1 unspecified atom stereocenters. The summed E-state index contributed by atoms with van der Waals surface area (Å²) >= 11 is 0. The Morgan fingerprint density at radius 1 is 1.47 bits per heavy atom. The second-order valence-electron chi connectivity index (χ2n) is 4.63. The molecule has 1 atom stereocenters. The van der Waals surface area contributed by atoms with E-state index in [1.807, 2.05) is 0 Å². The quantitative estimate of drug-likeness (QED) is 0.683. The van der Waals surface area contributed by atoms with Crippen LogP contribution in [0.1, 0.15) is 24.6 Å². The fourth-order valence-electron chi connectivity index (χ4n) is 2.39. The Labute approximate surface area is 91.3 Å². The number of hydrogen-bond donors (Lipinski definition) is 1. The lowest BCUT2D eigenvalue weighted by molar-refractivity contribution is -0.797. The van der Waals surface area contributed by atoms with E-state index < -0.39 is 0 Å². The number of nitrogens with zero attached hydrogens (tertiary/aromatic N) is 3. The predicted octanol–water partition coefficient (Wildman–Crippen LogP) is 0.470. The van der Waals surface area contributed by atoms with Crippen LogP contribution in [0.15, 0.2) is 6.20 Å². The molecular formula is C11H21N4+. The molecule has 4 nitrogen and oxygen atoms in total. The summed E-state index contributed by atoms with van der Waals surface area (Å²) in [6, 6.07) is 0.574. The molecule has 0 radical (unpaired) electrons. The highest BCUT2D eigenvalue weighted by Crippen LogP contribution is 2.17. The van der Waals surface area contributed by atoms with Gasteiger partial charge in [-0.05, 0) is 26.9 Å². The van der Waals surface area contributed by atoms with Gasteiger partial charge in [0, 0.05) is 6.42 Å². The lowest BCUT2D eigenvalue weighted by Gasteiger charge is -2.25. The number of likely N-dealkylation sites (N-methyl/N-ethyl adjacent to an activating group) is 1. The molecule has 1 saturated heterocycles. The summed E-state index contributed by atoms with van der Waals surface area (Å²) in [5.74, 6) is 0. The summed E-state index contributed by atoms with van der Waals surface area (Å²) in [5, 5.41) is 0. The molecule has 1 fully saturated rings. The number of anilines is 1. The molecule has 2 rings (SSSR count). The Kier molecular flexibility index (Phi) is 2.69. The third kappa shape index (κ3) is 1.86. The lowest BCUT2D eigenvalue weighted by Crippen LogP contribution is -2.52. The highest BCUT2D eigenvalue weighted by molar-refractivity contribution is 5.37. The predicted molar refractivity (Wildman–Crippen MR) is 60.5 cm³/mol. The lowest BCUT2D eigenvalue weighted by atomic mass is 10.1. The number of hydrogen-bond acceptors (Lipinski definition) is 2. The highest BCUT2D eigenvalue weighted by Gasteiger charge is 2.28. The van der Waals surface area contributed by atoms with Crippen molar-refractivity contribution in [1.29, 1.82) is 0 Å². The van der Waals surface area contributed by atoms with Gasteiger partial charge in [-0.1, -0.05) is 0 Å². The Morgan fingerprint density at radius 2 is 2.20 bits per heavy atom. The van der Waals surface area contributed by atoms with Gasteiger partial charge >= 0.3 is 0 Å². The van der Waals surface area contributed by atoms with Crippen LogP contribution in [-0.2, 0) is 7.05 Å². The maximum absolute atomic E-state index is 5.93. The molecule has 15 heavy (non-hydrogen) atoms. The maximum Gasteiger partial charge on any atom is 0.219 e. The van der Waals surface area contributed by atoms with Gasteiger partial charge in [0.25, 0.3) is 0 Å². The first-order valence-corrected chi connectivity index (χ1v) is 5.61. The van der Waals surface area contributed by atoms with Crippen LogP contribution in [-0.4, -0.2) is 29.7 Å². The summed E-state index contributed by atoms with van der Waals surface area (Å²) in [4.78, 5) is 2.39. The van der Waals surface area contributed by atoms with E-state index in [4.69, 9.17) is 5.73 Å². The smallest absolute Gasteiger partial charge is 0.219 e. The van der Waals surface area contributed by atoms with E-state index in [1.165, 1.54) is 19.4 Å². The molecule has 1 aliphatic heterocycles. The molecule has 4 heteroatoms. The third-order valence-electron chi connectivity index (χ3n) is 3.49. The Balaban J connectivity index is 2.25. The van der Waals surface area contributed by atoms with Crippen molar-refractivity contribution in [2.45, 2.75) is 25.8 Å². The van der Waals surface area contributed by atoms with Crippen molar-refractivity contribution in [2.75, 3.05) is 25.9 Å². The van der Waals surface area contributed by atoms with E-state index in [0.717, 1.165) is 17.9 Å². The third-order valence-corrected chi connectivity index (χ3v) is 3.49. The average Bonchev–Trinajstić information content (AvgIpc) is 2.46. The molecule has 0 spiro atoms. The number of nitrogen functional groups attached to an aromatic ring is 1. The fraction of sp³-hybridized carbons (Fsp3) is 0.727. The van der Waals surface area contributed by atoms with E-state index in [9.17, 15) is 0 Å². The fourth-order valence-corrected chi connectivity index (χ4v) is 2.39. The first-order valence-electron chi connectivity index (χ1n) is 5.61. The Bertz CT molecular complexity index is 356. The summed E-state index contributed by atoms with van der Waals surface area (Å²) < 4.78 is 4.44. The van der Waals surface area contributed by atoms with E-state index >= 15 is 0 Å². The minimum Gasteiger partial charge on any atom is -0.392 e. The molecule has 0 aliphatic carbocycles. The van der Waals surface area contributed by atoms with Gasteiger partial charge in [0.2, 0.25) is 6.20 Å². The van der Waals surface area contributed by atoms with Crippen LogP contribution in [0, 0.1) is 6.92 Å². The van der Waals surface area contributed by atoms with Gasteiger partial charge in [-0.15, -0.1) is 4.68 Å². The van der Waals surface area contributed by atoms with Crippen molar-refractivity contribution in [2.24, 2.45) is 7.05 Å². The van der Waals surface area contributed by atoms with Gasteiger partial charge in [-0.25, -0.2) is 0 Å². The topological polar surface area (TPSA) is 38.1 Å². The number of nitrogens with two attached hydrogens (primary N) is 1. The van der Waals surface area contributed by atoms with Crippen LogP contribution in [0.5, 0.6) is 0 Å². The second kappa shape index (κ2) is 3.85. The molecular weight excluding hydrogens is 188 g/mol. The second-order valence-corrected chi connectivity index (χ2v) is 4.63. The molecule has 84 valence electrons. The number of aromatic nitrogens is 2. The first kappa shape index (κ1) is 10.5. The van der Waals surface area contributed by atoms with Crippen molar-refractivity contribution in [3.8, 4) is 0 Å². The van der Waals surface area contributed by atoms with Crippen molar-refractivity contribution in [3.63, 3.8) is 0 Å². The monoisotopic (exact) mass is 209 g/mol. The SMILES string of the molecule is Cc1c(N)c[n+](C2CCCN(C)C2)n1C. The van der Waals surface area contributed by atoms with Gasteiger partial charge in [0.05, 0.1) is 13.6 Å². The van der Waals surface area contributed by atoms with Gasteiger partial charge < -0.3 is 5.73 Å². The molecule has 0 aromatic carbocycles. The van der Waals surface area contributed by atoms with Gasteiger partial charge in [0.1, 0.15) is 11.4 Å². The van der Waals surface area contributed by atoms with Crippen molar-refractivity contribution in [3.05, 3.63) is 11.9 Å². The van der Waals surface area contributed by atoms with Crippen LogP contribution in [0.25, 0.3) is 0 Å². The minimum atomic E-state index is 0.574. The number of rotatable bonds is 1. The molecule has 2 heterocycles. The van der Waals surface area contributed by atoms with E-state index in [1.54, 1.807) is 0 Å². The summed E-state index contributed by atoms with van der Waals surface area (Å²) in [6.07, 6.45) is 4.60. The largest absolute Gasteiger partial charge is 0.392 e. The van der Waals surface area contributed by atoms with E-state index in [0.29, 0.717) is 6.04 Å². The maximum atomic E-state index is 5.93. The highest BCUT2D eigenvalue weighted by atomic mass is 15.4. The summed E-state index contributed by atoms with van der Waals surface area (Å²) in [6.45, 7) is 4.41. The van der Waals surface area contributed by atoms with Crippen LogP contribution in [0.2, 0.25) is 0 Å². The molecule has 0 bridgehead atoms. The summed E-state index contributed by atoms with van der Waals surface area (Å²) in [7, 11) is 4.27. The molecule has 2 N–H and O–H groups in total.